The first-order chi connectivity index (χ1) is 9.84. The second-order valence-corrected chi connectivity index (χ2v) is 3.50. The van der Waals surface area contributed by atoms with Gasteiger partial charge in [-0.2, -0.15) is 0 Å². The highest BCUT2D eigenvalue weighted by Crippen LogP contribution is 2.30. The van der Waals surface area contributed by atoms with Crippen LogP contribution < -0.4 is 0 Å². The zero-order valence-electron chi connectivity index (χ0n) is 12.4. The Kier molecular flexibility index (Phi) is 6.30. The molecule has 0 bridgehead atoms. The Labute approximate surface area is 119 Å². The molecular formula is C17H21NO2. The smallest absolute Gasteiger partial charge is 0.231 e. The van der Waals surface area contributed by atoms with Crippen molar-refractivity contribution in [3.63, 3.8) is 0 Å². The Morgan fingerprint density at radius 2 is 1.45 bits per heavy atom. The molecule has 3 nitrogen and oxygen atoms in total. The molecule has 0 fully saturated rings. The van der Waals surface area contributed by atoms with E-state index in [2.05, 4.69) is 4.98 Å². The predicted molar refractivity (Wildman–Crippen MR) is 83.8 cm³/mol. The van der Waals surface area contributed by atoms with Gasteiger partial charge in [0, 0.05) is 0 Å². The Balaban J connectivity index is 0.000000461. The van der Waals surface area contributed by atoms with Gasteiger partial charge in [-0.25, -0.2) is 4.98 Å². The van der Waals surface area contributed by atoms with Gasteiger partial charge >= 0.3 is 0 Å². The standard InChI is InChI=1S/C13H9NO2.2C2H6/c15-11-7-3-1-5-9(11)13-14-10-6-2-4-8-12(10)16-13;2*1-2/h1-8,15H;2*1-2H3. The van der Waals surface area contributed by atoms with Crippen LogP contribution in [0.1, 0.15) is 27.7 Å². The number of nitrogens with zero attached hydrogens (tertiary/aromatic N) is 1. The number of para-hydroxylation sites is 3. The predicted octanol–water partition coefficient (Wildman–Crippen LogP) is 5.25. The largest absolute Gasteiger partial charge is 0.507 e. The Morgan fingerprint density at radius 3 is 2.10 bits per heavy atom. The van der Waals surface area contributed by atoms with Gasteiger partial charge in [0.1, 0.15) is 11.3 Å². The normalized spacial score (nSPS) is 9.20. The van der Waals surface area contributed by atoms with Crippen LogP contribution in [0.25, 0.3) is 22.6 Å². The fourth-order valence-corrected chi connectivity index (χ4v) is 1.64. The van der Waals surface area contributed by atoms with Gasteiger partial charge in [-0.3, -0.25) is 0 Å². The Bertz CT molecular complexity index is 611. The fourth-order valence-electron chi connectivity index (χ4n) is 1.64. The monoisotopic (exact) mass is 271 g/mol. The summed E-state index contributed by atoms with van der Waals surface area (Å²) in [7, 11) is 0. The summed E-state index contributed by atoms with van der Waals surface area (Å²) >= 11 is 0. The lowest BCUT2D eigenvalue weighted by Gasteiger charge is -1.97. The summed E-state index contributed by atoms with van der Waals surface area (Å²) < 4.78 is 5.56. The van der Waals surface area contributed by atoms with Crippen LogP contribution in [0.15, 0.2) is 52.9 Å². The third kappa shape index (κ3) is 3.38. The number of rotatable bonds is 1. The summed E-state index contributed by atoms with van der Waals surface area (Å²) in [6, 6.07) is 14.5. The van der Waals surface area contributed by atoms with Crippen molar-refractivity contribution < 1.29 is 9.52 Å². The topological polar surface area (TPSA) is 46.3 Å². The molecule has 1 N–H and O–H groups in total. The molecule has 0 aliphatic carbocycles. The zero-order chi connectivity index (χ0) is 15.0. The molecular weight excluding hydrogens is 250 g/mol. The number of phenolic OH excluding ortho intramolecular Hbond substituents is 1. The summed E-state index contributed by atoms with van der Waals surface area (Å²) in [5.41, 5.74) is 2.13. The van der Waals surface area contributed by atoms with E-state index >= 15 is 0 Å². The highest BCUT2D eigenvalue weighted by Gasteiger charge is 2.10. The summed E-state index contributed by atoms with van der Waals surface area (Å²) in [6.45, 7) is 8.00. The minimum Gasteiger partial charge on any atom is -0.507 e. The molecule has 0 unspecified atom stereocenters. The molecule has 0 atom stereocenters. The van der Waals surface area contributed by atoms with Crippen LogP contribution in [0.3, 0.4) is 0 Å². The second kappa shape index (κ2) is 8.00. The number of hydrogen-bond donors (Lipinski definition) is 1. The highest BCUT2D eigenvalue weighted by molar-refractivity contribution is 5.77. The molecule has 0 amide bonds. The summed E-state index contributed by atoms with van der Waals surface area (Å²) in [5.74, 6) is 0.619. The lowest BCUT2D eigenvalue weighted by Crippen LogP contribution is -1.77. The number of hydrogen-bond acceptors (Lipinski definition) is 3. The second-order valence-electron chi connectivity index (χ2n) is 3.50. The molecule has 0 spiro atoms. The first-order valence-electron chi connectivity index (χ1n) is 6.98. The van der Waals surface area contributed by atoms with Crippen molar-refractivity contribution in [1.29, 1.82) is 0 Å². The molecule has 0 saturated heterocycles. The molecule has 0 radical (unpaired) electrons. The molecule has 0 saturated carbocycles. The molecule has 3 rings (SSSR count). The van der Waals surface area contributed by atoms with Crippen LogP contribution in [0.5, 0.6) is 5.75 Å². The Hall–Kier alpha value is -2.29. The number of fused-ring (bicyclic) bond motifs is 1. The van der Waals surface area contributed by atoms with Crippen LogP contribution >= 0.6 is 0 Å². The van der Waals surface area contributed by atoms with Crippen molar-refractivity contribution >= 4 is 11.1 Å². The van der Waals surface area contributed by atoms with E-state index in [0.29, 0.717) is 11.5 Å². The van der Waals surface area contributed by atoms with Crippen LogP contribution in [0.2, 0.25) is 0 Å². The maximum absolute atomic E-state index is 9.69. The van der Waals surface area contributed by atoms with E-state index in [1.54, 1.807) is 18.2 Å². The number of aromatic hydroxyl groups is 1. The summed E-state index contributed by atoms with van der Waals surface area (Å²) in [5, 5.41) is 9.69. The van der Waals surface area contributed by atoms with Crippen molar-refractivity contribution in [2.24, 2.45) is 0 Å². The molecule has 3 heteroatoms. The van der Waals surface area contributed by atoms with Gasteiger partial charge in [-0.15, -0.1) is 0 Å². The number of oxazole rings is 1. The van der Waals surface area contributed by atoms with E-state index in [9.17, 15) is 5.11 Å². The van der Waals surface area contributed by atoms with Crippen LogP contribution in [0, 0.1) is 0 Å². The molecule has 20 heavy (non-hydrogen) atoms. The average molecular weight is 271 g/mol. The highest BCUT2D eigenvalue weighted by atomic mass is 16.3. The first kappa shape index (κ1) is 15.8. The average Bonchev–Trinajstić information content (AvgIpc) is 2.95. The van der Waals surface area contributed by atoms with Gasteiger partial charge in [0.2, 0.25) is 5.89 Å². The van der Waals surface area contributed by atoms with Gasteiger partial charge in [0.15, 0.2) is 5.58 Å². The van der Waals surface area contributed by atoms with E-state index in [1.165, 1.54) is 0 Å². The van der Waals surface area contributed by atoms with Crippen molar-refractivity contribution in [2.45, 2.75) is 27.7 Å². The molecule has 0 aliphatic heterocycles. The maximum Gasteiger partial charge on any atom is 0.231 e. The van der Waals surface area contributed by atoms with Crippen LogP contribution in [0.4, 0.5) is 0 Å². The molecule has 1 heterocycles. The minimum atomic E-state index is 0.175. The van der Waals surface area contributed by atoms with Crippen molar-refractivity contribution in [1.82, 2.24) is 4.98 Å². The third-order valence-corrected chi connectivity index (χ3v) is 2.43. The third-order valence-electron chi connectivity index (χ3n) is 2.43. The molecule has 3 aromatic rings. The lowest BCUT2D eigenvalue weighted by molar-refractivity contribution is 0.474. The van der Waals surface area contributed by atoms with E-state index in [1.807, 2.05) is 58.0 Å². The number of phenols is 1. The number of benzene rings is 2. The van der Waals surface area contributed by atoms with E-state index in [-0.39, 0.29) is 5.75 Å². The summed E-state index contributed by atoms with van der Waals surface area (Å²) in [6.07, 6.45) is 0. The van der Waals surface area contributed by atoms with Gasteiger partial charge < -0.3 is 9.52 Å². The minimum absolute atomic E-state index is 0.175. The molecule has 1 aromatic heterocycles. The van der Waals surface area contributed by atoms with Crippen LogP contribution in [-0.2, 0) is 0 Å². The van der Waals surface area contributed by atoms with E-state index < -0.39 is 0 Å². The quantitative estimate of drug-likeness (QED) is 0.657. The molecule has 0 aliphatic rings. The number of aromatic nitrogens is 1. The van der Waals surface area contributed by atoms with Gasteiger partial charge in [-0.1, -0.05) is 52.0 Å². The Morgan fingerprint density at radius 1 is 0.850 bits per heavy atom. The van der Waals surface area contributed by atoms with E-state index in [4.69, 9.17) is 4.42 Å². The lowest BCUT2D eigenvalue weighted by atomic mass is 10.2. The first-order valence-corrected chi connectivity index (χ1v) is 6.98. The molecule has 2 aromatic carbocycles. The van der Waals surface area contributed by atoms with Crippen molar-refractivity contribution in [3.05, 3.63) is 48.5 Å². The van der Waals surface area contributed by atoms with Gasteiger partial charge in [0.25, 0.3) is 0 Å². The van der Waals surface area contributed by atoms with Gasteiger partial charge in [0.05, 0.1) is 5.56 Å². The maximum atomic E-state index is 9.69. The van der Waals surface area contributed by atoms with Crippen molar-refractivity contribution in [2.75, 3.05) is 0 Å². The SMILES string of the molecule is CC.CC.Oc1ccccc1-c1nc2ccccc2o1. The fraction of sp³-hybridized carbons (Fsp3) is 0.235. The molecule has 106 valence electrons. The van der Waals surface area contributed by atoms with Crippen LogP contribution in [-0.4, -0.2) is 10.1 Å². The summed E-state index contributed by atoms with van der Waals surface area (Å²) in [4.78, 5) is 4.32. The van der Waals surface area contributed by atoms with Crippen molar-refractivity contribution in [3.8, 4) is 17.2 Å². The van der Waals surface area contributed by atoms with Gasteiger partial charge in [-0.05, 0) is 24.3 Å². The zero-order valence-corrected chi connectivity index (χ0v) is 12.4. The van der Waals surface area contributed by atoms with E-state index in [0.717, 1.165) is 11.1 Å².